The predicted octanol–water partition coefficient (Wildman–Crippen LogP) is 3.88. The average Bonchev–Trinajstić information content (AvgIpc) is 3.04. The summed E-state index contributed by atoms with van der Waals surface area (Å²) in [6, 6.07) is 20.4. The van der Waals surface area contributed by atoms with Crippen molar-refractivity contribution in [3.63, 3.8) is 0 Å². The molecular weight excluding hydrogens is 296 g/mol. The molecule has 0 aromatic heterocycles. The molecule has 3 rings (SSSR count). The predicted molar refractivity (Wildman–Crippen MR) is 92.3 cm³/mol. The molecule has 1 N–H and O–H groups in total. The van der Waals surface area contributed by atoms with Crippen LogP contribution in [0.15, 0.2) is 60.7 Å². The first kappa shape index (κ1) is 16.4. The molecular formula is C18H21ClN2O. The van der Waals surface area contributed by atoms with E-state index in [2.05, 4.69) is 17.4 Å². The first-order valence-electron chi connectivity index (χ1n) is 7.48. The van der Waals surface area contributed by atoms with Gasteiger partial charge in [-0.15, -0.1) is 12.4 Å². The molecule has 22 heavy (non-hydrogen) atoms. The number of amides is 1. The lowest BCUT2D eigenvalue weighted by Crippen LogP contribution is -2.35. The topological polar surface area (TPSA) is 32.3 Å². The Morgan fingerprint density at radius 1 is 1.05 bits per heavy atom. The molecule has 2 aromatic rings. The number of nitrogens with zero attached hydrogens (tertiary/aromatic N) is 1. The molecule has 2 aromatic carbocycles. The number of hydrogen-bond acceptors (Lipinski definition) is 2. The minimum Gasteiger partial charge on any atom is -0.376 e. The fourth-order valence-electron chi connectivity index (χ4n) is 2.92. The van der Waals surface area contributed by atoms with Gasteiger partial charge < -0.3 is 10.2 Å². The molecule has 3 nitrogen and oxygen atoms in total. The maximum Gasteiger partial charge on any atom is 0.242 e. The monoisotopic (exact) mass is 316 g/mol. The molecule has 1 aliphatic heterocycles. The van der Waals surface area contributed by atoms with Crippen molar-refractivity contribution in [3.8, 4) is 0 Å². The summed E-state index contributed by atoms with van der Waals surface area (Å²) in [5, 5.41) is 3.20. The quantitative estimate of drug-likeness (QED) is 0.928. The Kier molecular flexibility index (Phi) is 5.84. The lowest BCUT2D eigenvalue weighted by atomic mass is 10.0. The van der Waals surface area contributed by atoms with Gasteiger partial charge in [0.2, 0.25) is 5.91 Å². The molecule has 1 heterocycles. The molecule has 1 fully saturated rings. The summed E-state index contributed by atoms with van der Waals surface area (Å²) in [5.74, 6) is 0.171. The van der Waals surface area contributed by atoms with Crippen molar-refractivity contribution in [2.45, 2.75) is 18.9 Å². The number of hydrogen-bond donors (Lipinski definition) is 1. The Labute approximate surface area is 137 Å². The maximum atomic E-state index is 12.5. The SMILES string of the molecule is Cl.O=C(CNc1ccccc1)N1CCCC1c1ccccc1. The van der Waals surface area contributed by atoms with E-state index in [0.717, 1.165) is 25.1 Å². The van der Waals surface area contributed by atoms with Crippen LogP contribution in [0.3, 0.4) is 0 Å². The van der Waals surface area contributed by atoms with Crippen LogP contribution in [0.2, 0.25) is 0 Å². The van der Waals surface area contributed by atoms with E-state index in [-0.39, 0.29) is 24.4 Å². The lowest BCUT2D eigenvalue weighted by Gasteiger charge is -2.25. The number of carbonyl (C=O) groups excluding carboxylic acids is 1. The zero-order chi connectivity index (χ0) is 14.5. The number of carbonyl (C=O) groups is 1. The zero-order valence-electron chi connectivity index (χ0n) is 12.4. The Balaban J connectivity index is 0.00000176. The Morgan fingerprint density at radius 2 is 1.68 bits per heavy atom. The van der Waals surface area contributed by atoms with E-state index >= 15 is 0 Å². The highest BCUT2D eigenvalue weighted by Gasteiger charge is 2.29. The number of nitrogens with one attached hydrogen (secondary N) is 1. The van der Waals surface area contributed by atoms with E-state index in [4.69, 9.17) is 0 Å². The Bertz CT molecular complexity index is 589. The zero-order valence-corrected chi connectivity index (χ0v) is 13.3. The van der Waals surface area contributed by atoms with E-state index in [9.17, 15) is 4.79 Å². The highest BCUT2D eigenvalue weighted by Crippen LogP contribution is 2.31. The van der Waals surface area contributed by atoms with Gasteiger partial charge in [-0.3, -0.25) is 4.79 Å². The molecule has 1 amide bonds. The molecule has 1 atom stereocenters. The minimum absolute atomic E-state index is 0. The van der Waals surface area contributed by atoms with Gasteiger partial charge in [0.15, 0.2) is 0 Å². The van der Waals surface area contributed by atoms with Crippen molar-refractivity contribution in [2.24, 2.45) is 0 Å². The van der Waals surface area contributed by atoms with E-state index < -0.39 is 0 Å². The van der Waals surface area contributed by atoms with Gasteiger partial charge in [0.1, 0.15) is 0 Å². The second kappa shape index (κ2) is 7.85. The number of halogens is 1. The molecule has 0 saturated carbocycles. The molecule has 1 unspecified atom stereocenters. The summed E-state index contributed by atoms with van der Waals surface area (Å²) in [6.07, 6.45) is 2.14. The minimum atomic E-state index is 0. The third-order valence-electron chi connectivity index (χ3n) is 3.98. The fraction of sp³-hybridized carbons (Fsp3) is 0.278. The first-order chi connectivity index (χ1) is 10.3. The van der Waals surface area contributed by atoms with Crippen LogP contribution in [0, 0.1) is 0 Å². The normalized spacial score (nSPS) is 16.9. The molecule has 0 spiro atoms. The molecule has 1 saturated heterocycles. The van der Waals surface area contributed by atoms with Crippen LogP contribution in [0.4, 0.5) is 5.69 Å². The van der Waals surface area contributed by atoms with Crippen molar-refractivity contribution < 1.29 is 4.79 Å². The molecule has 4 heteroatoms. The standard InChI is InChI=1S/C18H20N2O.ClH/c21-18(14-19-16-10-5-2-6-11-16)20-13-7-12-17(20)15-8-3-1-4-9-15;/h1-6,8-11,17,19H,7,12-14H2;1H. The summed E-state index contributed by atoms with van der Waals surface area (Å²) in [4.78, 5) is 14.5. The lowest BCUT2D eigenvalue weighted by molar-refractivity contribution is -0.130. The Morgan fingerprint density at radius 3 is 2.36 bits per heavy atom. The van der Waals surface area contributed by atoms with E-state index in [1.54, 1.807) is 0 Å². The van der Waals surface area contributed by atoms with Gasteiger partial charge in [0.05, 0.1) is 12.6 Å². The third-order valence-corrected chi connectivity index (χ3v) is 3.98. The number of para-hydroxylation sites is 1. The van der Waals surface area contributed by atoms with Gasteiger partial charge in [0.25, 0.3) is 0 Å². The van der Waals surface area contributed by atoms with Crippen LogP contribution in [0.1, 0.15) is 24.4 Å². The van der Waals surface area contributed by atoms with Crippen LogP contribution >= 0.6 is 12.4 Å². The molecule has 0 bridgehead atoms. The van der Waals surface area contributed by atoms with Gasteiger partial charge in [-0.1, -0.05) is 48.5 Å². The molecule has 116 valence electrons. The van der Waals surface area contributed by atoms with Gasteiger partial charge in [-0.2, -0.15) is 0 Å². The van der Waals surface area contributed by atoms with Gasteiger partial charge in [-0.05, 0) is 30.5 Å². The van der Waals surface area contributed by atoms with Crippen LogP contribution < -0.4 is 5.32 Å². The first-order valence-corrected chi connectivity index (χ1v) is 7.48. The van der Waals surface area contributed by atoms with Crippen molar-refractivity contribution >= 4 is 24.0 Å². The summed E-state index contributed by atoms with van der Waals surface area (Å²) >= 11 is 0. The van der Waals surface area contributed by atoms with Crippen molar-refractivity contribution in [1.82, 2.24) is 4.90 Å². The van der Waals surface area contributed by atoms with Crippen LogP contribution in [-0.2, 0) is 4.79 Å². The van der Waals surface area contributed by atoms with Gasteiger partial charge >= 0.3 is 0 Å². The Hall–Kier alpha value is -2.00. The van der Waals surface area contributed by atoms with Crippen LogP contribution in [-0.4, -0.2) is 23.9 Å². The number of anilines is 1. The fourth-order valence-corrected chi connectivity index (χ4v) is 2.92. The van der Waals surface area contributed by atoms with Crippen molar-refractivity contribution in [2.75, 3.05) is 18.4 Å². The molecule has 0 radical (unpaired) electrons. The van der Waals surface area contributed by atoms with Gasteiger partial charge in [-0.25, -0.2) is 0 Å². The third kappa shape index (κ3) is 3.80. The number of benzene rings is 2. The smallest absolute Gasteiger partial charge is 0.242 e. The second-order valence-electron chi connectivity index (χ2n) is 5.38. The highest BCUT2D eigenvalue weighted by molar-refractivity contribution is 5.85. The molecule has 1 aliphatic rings. The molecule has 0 aliphatic carbocycles. The summed E-state index contributed by atoms with van der Waals surface area (Å²) in [7, 11) is 0. The van der Waals surface area contributed by atoms with E-state index in [0.29, 0.717) is 6.54 Å². The van der Waals surface area contributed by atoms with Crippen molar-refractivity contribution in [3.05, 3.63) is 66.2 Å². The van der Waals surface area contributed by atoms with Crippen molar-refractivity contribution in [1.29, 1.82) is 0 Å². The van der Waals surface area contributed by atoms with E-state index in [1.165, 1.54) is 5.56 Å². The summed E-state index contributed by atoms with van der Waals surface area (Å²) in [5.41, 5.74) is 2.23. The second-order valence-corrected chi connectivity index (χ2v) is 5.38. The van der Waals surface area contributed by atoms with Gasteiger partial charge in [0, 0.05) is 12.2 Å². The largest absolute Gasteiger partial charge is 0.376 e. The summed E-state index contributed by atoms with van der Waals surface area (Å²) < 4.78 is 0. The van der Waals surface area contributed by atoms with Crippen LogP contribution in [0.5, 0.6) is 0 Å². The number of rotatable bonds is 4. The average molecular weight is 317 g/mol. The number of likely N-dealkylation sites (tertiary alicyclic amines) is 1. The summed E-state index contributed by atoms with van der Waals surface area (Å²) in [6.45, 7) is 1.21. The maximum absolute atomic E-state index is 12.5. The van der Waals surface area contributed by atoms with Crippen LogP contribution in [0.25, 0.3) is 0 Å². The van der Waals surface area contributed by atoms with E-state index in [1.807, 2.05) is 53.4 Å². The highest BCUT2D eigenvalue weighted by atomic mass is 35.5.